The second kappa shape index (κ2) is 6.16. The van der Waals surface area contributed by atoms with Gasteiger partial charge < -0.3 is 5.32 Å². The van der Waals surface area contributed by atoms with Crippen molar-refractivity contribution < 1.29 is 0 Å². The monoisotopic (exact) mass is 304 g/mol. The Bertz CT molecular complexity index is 766. The molecule has 1 aliphatic heterocycles. The number of hydrogen-bond donors (Lipinski definition) is 1. The Morgan fingerprint density at radius 1 is 0.826 bits per heavy atom. The van der Waals surface area contributed by atoms with Crippen molar-refractivity contribution in [3.05, 3.63) is 66.2 Å². The molecule has 0 amide bonds. The Morgan fingerprint density at radius 3 is 2.04 bits per heavy atom. The number of aliphatic imine (C=N–C) groups is 3. The summed E-state index contributed by atoms with van der Waals surface area (Å²) in [7, 11) is 0. The molecular formula is C19H20N4. The van der Waals surface area contributed by atoms with Crippen LogP contribution in [0.3, 0.4) is 0 Å². The Hall–Kier alpha value is -2.75. The number of hydrogen-bond acceptors (Lipinski definition) is 3. The summed E-state index contributed by atoms with van der Waals surface area (Å²) < 4.78 is 0. The Labute approximate surface area is 136 Å². The lowest BCUT2D eigenvalue weighted by molar-refractivity contribution is 0.584. The van der Waals surface area contributed by atoms with E-state index in [-0.39, 0.29) is 5.54 Å². The van der Waals surface area contributed by atoms with Crippen molar-refractivity contribution in [1.29, 1.82) is 0 Å². The smallest absolute Gasteiger partial charge is 0.193 e. The lowest BCUT2D eigenvalue weighted by Crippen LogP contribution is -2.23. The highest BCUT2D eigenvalue weighted by atomic mass is 15.2. The van der Waals surface area contributed by atoms with Crippen LogP contribution in [0.2, 0.25) is 0 Å². The highest BCUT2D eigenvalue weighted by Crippen LogP contribution is 2.16. The van der Waals surface area contributed by atoms with Crippen LogP contribution in [0.5, 0.6) is 0 Å². The number of para-hydroxylation sites is 1. The molecule has 0 unspecified atom stereocenters. The summed E-state index contributed by atoms with van der Waals surface area (Å²) in [6.45, 7) is 6.16. The largest absolute Gasteiger partial charge is 0.337 e. The lowest BCUT2D eigenvalue weighted by atomic mass is 10.1. The summed E-state index contributed by atoms with van der Waals surface area (Å²) in [6.07, 6.45) is 0. The third-order valence-electron chi connectivity index (χ3n) is 3.15. The lowest BCUT2D eigenvalue weighted by Gasteiger charge is -2.13. The highest BCUT2D eigenvalue weighted by Gasteiger charge is 2.22. The summed E-state index contributed by atoms with van der Waals surface area (Å²) in [5.74, 6) is 2.01. The number of nitrogens with zero attached hydrogens (tertiary/aromatic N) is 3. The van der Waals surface area contributed by atoms with E-state index in [1.807, 2.05) is 60.7 Å². The molecule has 3 rings (SSSR count). The maximum Gasteiger partial charge on any atom is 0.193 e. The van der Waals surface area contributed by atoms with Gasteiger partial charge in [-0.3, -0.25) is 4.99 Å². The SMILES string of the molecule is CC(C)(C)N=C1N=C(c2ccccc2)N=C1Nc1ccccc1. The first-order valence-corrected chi connectivity index (χ1v) is 7.66. The van der Waals surface area contributed by atoms with Crippen LogP contribution >= 0.6 is 0 Å². The van der Waals surface area contributed by atoms with Crippen LogP contribution in [0.4, 0.5) is 5.69 Å². The number of benzene rings is 2. The van der Waals surface area contributed by atoms with Crippen LogP contribution in [0.1, 0.15) is 26.3 Å². The van der Waals surface area contributed by atoms with Crippen molar-refractivity contribution in [2.24, 2.45) is 15.0 Å². The molecule has 116 valence electrons. The summed E-state index contributed by atoms with van der Waals surface area (Å²) in [4.78, 5) is 14.0. The van der Waals surface area contributed by atoms with Crippen molar-refractivity contribution in [1.82, 2.24) is 0 Å². The zero-order chi connectivity index (χ0) is 16.3. The fraction of sp³-hybridized carbons (Fsp3) is 0.211. The summed E-state index contributed by atoms with van der Waals surface area (Å²) in [5.41, 5.74) is 1.74. The quantitative estimate of drug-likeness (QED) is 0.890. The van der Waals surface area contributed by atoms with Crippen molar-refractivity contribution in [2.75, 3.05) is 5.32 Å². The molecule has 2 aromatic rings. The highest BCUT2D eigenvalue weighted by molar-refractivity contribution is 6.51. The fourth-order valence-corrected chi connectivity index (χ4v) is 2.19. The number of anilines is 1. The maximum absolute atomic E-state index is 4.70. The van der Waals surface area contributed by atoms with E-state index in [0.29, 0.717) is 17.5 Å². The molecule has 0 atom stereocenters. The van der Waals surface area contributed by atoms with E-state index in [9.17, 15) is 0 Å². The van der Waals surface area contributed by atoms with E-state index >= 15 is 0 Å². The first-order valence-electron chi connectivity index (χ1n) is 7.66. The molecule has 0 fully saturated rings. The molecule has 0 bridgehead atoms. The van der Waals surface area contributed by atoms with Crippen LogP contribution in [0, 0.1) is 0 Å². The van der Waals surface area contributed by atoms with E-state index in [2.05, 4.69) is 36.1 Å². The fourth-order valence-electron chi connectivity index (χ4n) is 2.19. The van der Waals surface area contributed by atoms with Gasteiger partial charge in [-0.1, -0.05) is 48.5 Å². The minimum absolute atomic E-state index is 0.218. The van der Waals surface area contributed by atoms with Gasteiger partial charge in [0.2, 0.25) is 0 Å². The van der Waals surface area contributed by atoms with E-state index in [1.165, 1.54) is 0 Å². The molecule has 0 aromatic heterocycles. The van der Waals surface area contributed by atoms with E-state index < -0.39 is 0 Å². The molecule has 0 aliphatic carbocycles. The van der Waals surface area contributed by atoms with Gasteiger partial charge in [0.1, 0.15) is 0 Å². The molecule has 4 heteroatoms. The minimum Gasteiger partial charge on any atom is -0.337 e. The van der Waals surface area contributed by atoms with Crippen LogP contribution < -0.4 is 5.32 Å². The van der Waals surface area contributed by atoms with Gasteiger partial charge in [-0.15, -0.1) is 0 Å². The standard InChI is InChI=1S/C19H20N4/c1-19(2,3)23-18-17(20-15-12-8-5-9-13-15)21-16(22-18)14-10-6-4-7-11-14/h4-13H,1-3H3,(H,20,21,22,23). The average molecular weight is 304 g/mol. The average Bonchev–Trinajstić information content (AvgIpc) is 2.90. The molecule has 1 aliphatic rings. The van der Waals surface area contributed by atoms with Gasteiger partial charge in [-0.2, -0.15) is 0 Å². The first-order chi connectivity index (χ1) is 11.0. The zero-order valence-electron chi connectivity index (χ0n) is 13.6. The van der Waals surface area contributed by atoms with Crippen molar-refractivity contribution >= 4 is 23.2 Å². The van der Waals surface area contributed by atoms with Crippen LogP contribution in [0.15, 0.2) is 75.6 Å². The predicted octanol–water partition coefficient (Wildman–Crippen LogP) is 4.15. The summed E-state index contributed by atoms with van der Waals surface area (Å²) in [5, 5.41) is 3.32. The van der Waals surface area contributed by atoms with Gasteiger partial charge in [-0.05, 0) is 32.9 Å². The van der Waals surface area contributed by atoms with Gasteiger partial charge in [-0.25, -0.2) is 9.98 Å². The second-order valence-corrected chi connectivity index (χ2v) is 6.36. The van der Waals surface area contributed by atoms with Crippen molar-refractivity contribution in [3.8, 4) is 0 Å². The predicted molar refractivity (Wildman–Crippen MR) is 97.7 cm³/mol. The molecule has 1 heterocycles. The molecule has 1 N–H and O–H groups in total. The number of nitrogens with one attached hydrogen (secondary N) is 1. The summed E-state index contributed by atoms with van der Waals surface area (Å²) >= 11 is 0. The van der Waals surface area contributed by atoms with Gasteiger partial charge in [0.15, 0.2) is 17.5 Å². The number of rotatable bonds is 2. The van der Waals surface area contributed by atoms with Gasteiger partial charge in [0.05, 0.1) is 5.54 Å². The van der Waals surface area contributed by atoms with Crippen LogP contribution in [-0.4, -0.2) is 23.0 Å². The molecular weight excluding hydrogens is 284 g/mol. The molecule has 2 aromatic carbocycles. The molecule has 4 nitrogen and oxygen atoms in total. The normalized spacial score (nSPS) is 16.2. The van der Waals surface area contributed by atoms with E-state index in [4.69, 9.17) is 4.99 Å². The molecule has 0 spiro atoms. The topological polar surface area (TPSA) is 49.1 Å². The Balaban J connectivity index is 1.97. The first kappa shape index (κ1) is 15.2. The zero-order valence-corrected chi connectivity index (χ0v) is 13.6. The van der Waals surface area contributed by atoms with Crippen LogP contribution in [0.25, 0.3) is 0 Å². The van der Waals surface area contributed by atoms with Gasteiger partial charge in [0, 0.05) is 11.3 Å². The van der Waals surface area contributed by atoms with E-state index in [1.54, 1.807) is 0 Å². The third-order valence-corrected chi connectivity index (χ3v) is 3.15. The molecule has 23 heavy (non-hydrogen) atoms. The summed E-state index contributed by atoms with van der Waals surface area (Å²) in [6, 6.07) is 19.9. The van der Waals surface area contributed by atoms with Crippen LogP contribution in [-0.2, 0) is 0 Å². The molecule has 0 saturated carbocycles. The van der Waals surface area contributed by atoms with Crippen molar-refractivity contribution in [2.45, 2.75) is 26.3 Å². The third kappa shape index (κ3) is 3.92. The Morgan fingerprint density at radius 2 is 1.43 bits per heavy atom. The van der Waals surface area contributed by atoms with Gasteiger partial charge >= 0.3 is 0 Å². The maximum atomic E-state index is 4.70. The van der Waals surface area contributed by atoms with Gasteiger partial charge in [0.25, 0.3) is 0 Å². The minimum atomic E-state index is -0.218. The molecule has 0 radical (unpaired) electrons. The van der Waals surface area contributed by atoms with Crippen molar-refractivity contribution in [3.63, 3.8) is 0 Å². The number of amidine groups is 3. The second-order valence-electron chi connectivity index (χ2n) is 6.36. The van der Waals surface area contributed by atoms with E-state index in [0.717, 1.165) is 11.3 Å². The Kier molecular flexibility index (Phi) is 4.06. The molecule has 0 saturated heterocycles.